The molecule has 1 aromatic heterocycles. The Hall–Kier alpha value is -1.22. The van der Waals surface area contributed by atoms with E-state index in [1.54, 1.807) is 0 Å². The normalized spacial score (nSPS) is 18.2. The van der Waals surface area contributed by atoms with Crippen molar-refractivity contribution in [3.8, 4) is 0 Å². The number of anilines is 1. The van der Waals surface area contributed by atoms with E-state index in [4.69, 9.17) is 0 Å². The Morgan fingerprint density at radius 3 is 2.68 bits per heavy atom. The van der Waals surface area contributed by atoms with E-state index in [0.717, 1.165) is 30.7 Å². The molecule has 1 amide bonds. The summed E-state index contributed by atoms with van der Waals surface area (Å²) in [7, 11) is 0. The van der Waals surface area contributed by atoms with Crippen LogP contribution in [0.4, 0.5) is 18.3 Å². The molecule has 0 spiro atoms. The number of carbonyl (C=O) groups excluding carboxylic acids is 1. The maximum atomic E-state index is 12.0. The van der Waals surface area contributed by atoms with Gasteiger partial charge in [-0.3, -0.25) is 10.1 Å². The topological polar surface area (TPSA) is 64.1 Å². The standard InChI is InChI=1S/C13H18F3N3O2S/c1-8(21-7-13(14,15)16)10(20)17-12-19-18-11(22-12)9-5-3-2-4-6-9/h8-9H,2-7H2,1H3,(H,17,19,20)/t8-/m1/s1. The molecule has 0 saturated heterocycles. The number of alkyl halides is 3. The van der Waals surface area contributed by atoms with Gasteiger partial charge < -0.3 is 4.74 Å². The van der Waals surface area contributed by atoms with E-state index in [0.29, 0.717) is 11.0 Å². The molecule has 9 heteroatoms. The fraction of sp³-hybridized carbons (Fsp3) is 0.769. The zero-order valence-electron chi connectivity index (χ0n) is 12.2. The zero-order valence-corrected chi connectivity index (χ0v) is 13.0. The smallest absolute Gasteiger partial charge is 0.359 e. The molecule has 2 rings (SSSR count). The first-order valence-electron chi connectivity index (χ1n) is 7.18. The monoisotopic (exact) mass is 337 g/mol. The van der Waals surface area contributed by atoms with Gasteiger partial charge in [-0.15, -0.1) is 10.2 Å². The van der Waals surface area contributed by atoms with E-state index >= 15 is 0 Å². The third-order valence-electron chi connectivity index (χ3n) is 3.49. The Kier molecular flexibility index (Phi) is 5.74. The highest BCUT2D eigenvalue weighted by Gasteiger charge is 2.30. The molecule has 0 unspecified atom stereocenters. The van der Waals surface area contributed by atoms with Crippen LogP contribution in [0.5, 0.6) is 0 Å². The molecule has 0 radical (unpaired) electrons. The number of halogens is 3. The molecule has 1 fully saturated rings. The second kappa shape index (κ2) is 7.36. The lowest BCUT2D eigenvalue weighted by molar-refractivity contribution is -0.184. The van der Waals surface area contributed by atoms with E-state index in [2.05, 4.69) is 20.3 Å². The first-order valence-corrected chi connectivity index (χ1v) is 7.99. The molecule has 22 heavy (non-hydrogen) atoms. The molecule has 1 aliphatic carbocycles. The second-order valence-electron chi connectivity index (χ2n) is 5.34. The lowest BCUT2D eigenvalue weighted by Gasteiger charge is -2.18. The van der Waals surface area contributed by atoms with Crippen molar-refractivity contribution in [2.45, 2.75) is 57.2 Å². The fourth-order valence-corrected chi connectivity index (χ4v) is 3.22. The van der Waals surface area contributed by atoms with Crippen LogP contribution < -0.4 is 5.32 Å². The number of hydrogen-bond acceptors (Lipinski definition) is 5. The van der Waals surface area contributed by atoms with Crippen LogP contribution in [0.25, 0.3) is 0 Å². The highest BCUT2D eigenvalue weighted by Crippen LogP contribution is 2.35. The predicted octanol–water partition coefficient (Wildman–Crippen LogP) is 3.49. The number of rotatable bonds is 5. The molecule has 1 aromatic rings. The van der Waals surface area contributed by atoms with Gasteiger partial charge in [0.2, 0.25) is 5.13 Å². The summed E-state index contributed by atoms with van der Waals surface area (Å²) >= 11 is 1.28. The van der Waals surface area contributed by atoms with Crippen molar-refractivity contribution in [1.29, 1.82) is 0 Å². The lowest BCUT2D eigenvalue weighted by atomic mass is 9.90. The molecule has 5 nitrogen and oxygen atoms in total. The number of nitrogens with zero attached hydrogens (tertiary/aromatic N) is 2. The Bertz CT molecular complexity index is 501. The van der Waals surface area contributed by atoms with E-state index in [9.17, 15) is 18.0 Å². The summed E-state index contributed by atoms with van der Waals surface area (Å²) in [6.07, 6.45) is 0.0195. The Balaban J connectivity index is 1.85. The number of amides is 1. The average Bonchev–Trinajstić information content (AvgIpc) is 2.93. The molecule has 1 heterocycles. The van der Waals surface area contributed by atoms with Gasteiger partial charge in [-0.05, 0) is 19.8 Å². The summed E-state index contributed by atoms with van der Waals surface area (Å²) in [6.45, 7) is -0.185. The van der Waals surface area contributed by atoms with Gasteiger partial charge in [0.1, 0.15) is 17.7 Å². The van der Waals surface area contributed by atoms with Crippen molar-refractivity contribution < 1.29 is 22.7 Å². The van der Waals surface area contributed by atoms with E-state index in [1.807, 2.05) is 0 Å². The summed E-state index contributed by atoms with van der Waals surface area (Å²) in [5, 5.41) is 11.6. The fourth-order valence-electron chi connectivity index (χ4n) is 2.30. The Labute approximate surface area is 130 Å². The van der Waals surface area contributed by atoms with Crippen LogP contribution in [0.3, 0.4) is 0 Å². The van der Waals surface area contributed by atoms with Gasteiger partial charge in [0, 0.05) is 5.92 Å². The first-order chi connectivity index (χ1) is 10.3. The maximum Gasteiger partial charge on any atom is 0.411 e. The summed E-state index contributed by atoms with van der Waals surface area (Å²) in [4.78, 5) is 11.8. The molecule has 1 atom stereocenters. The third-order valence-corrected chi connectivity index (χ3v) is 4.49. The Morgan fingerprint density at radius 1 is 1.36 bits per heavy atom. The molecular formula is C13H18F3N3O2S. The van der Waals surface area contributed by atoms with E-state index < -0.39 is 24.8 Å². The largest absolute Gasteiger partial charge is 0.411 e. The molecule has 0 aromatic carbocycles. The molecule has 1 N–H and O–H groups in total. The van der Waals surface area contributed by atoms with Crippen molar-refractivity contribution in [3.05, 3.63) is 5.01 Å². The number of ether oxygens (including phenoxy) is 1. The molecular weight excluding hydrogens is 319 g/mol. The van der Waals surface area contributed by atoms with Crippen LogP contribution in [-0.4, -0.2) is 35.0 Å². The van der Waals surface area contributed by atoms with Crippen molar-refractivity contribution >= 4 is 22.4 Å². The van der Waals surface area contributed by atoms with Crippen molar-refractivity contribution in [2.75, 3.05) is 11.9 Å². The maximum absolute atomic E-state index is 12.0. The summed E-state index contributed by atoms with van der Waals surface area (Å²) in [5.41, 5.74) is 0. The summed E-state index contributed by atoms with van der Waals surface area (Å²) < 4.78 is 40.6. The van der Waals surface area contributed by atoms with E-state index in [-0.39, 0.29) is 0 Å². The number of aromatic nitrogens is 2. The van der Waals surface area contributed by atoms with Crippen molar-refractivity contribution in [3.63, 3.8) is 0 Å². The van der Waals surface area contributed by atoms with Gasteiger partial charge in [0.15, 0.2) is 0 Å². The quantitative estimate of drug-likeness (QED) is 0.893. The van der Waals surface area contributed by atoms with Crippen LogP contribution in [0.1, 0.15) is 50.0 Å². The molecule has 1 saturated carbocycles. The highest BCUT2D eigenvalue weighted by molar-refractivity contribution is 7.15. The predicted molar refractivity (Wildman–Crippen MR) is 75.8 cm³/mol. The highest BCUT2D eigenvalue weighted by atomic mass is 32.1. The van der Waals surface area contributed by atoms with E-state index in [1.165, 1.54) is 24.7 Å². The SMILES string of the molecule is C[C@@H](OCC(F)(F)F)C(=O)Nc1nnc(C2CCCCC2)s1. The van der Waals surface area contributed by atoms with Crippen LogP contribution in [-0.2, 0) is 9.53 Å². The van der Waals surface area contributed by atoms with Gasteiger partial charge in [-0.2, -0.15) is 13.2 Å². The number of nitrogens with one attached hydrogen (secondary N) is 1. The van der Waals surface area contributed by atoms with Crippen LogP contribution >= 0.6 is 11.3 Å². The molecule has 0 aliphatic heterocycles. The van der Waals surface area contributed by atoms with Gasteiger partial charge in [0.25, 0.3) is 5.91 Å². The van der Waals surface area contributed by atoms with Gasteiger partial charge >= 0.3 is 6.18 Å². The summed E-state index contributed by atoms with van der Waals surface area (Å²) in [6, 6.07) is 0. The molecule has 0 bridgehead atoms. The minimum atomic E-state index is -4.45. The number of carbonyl (C=O) groups is 1. The van der Waals surface area contributed by atoms with Gasteiger partial charge in [-0.1, -0.05) is 30.6 Å². The second-order valence-corrected chi connectivity index (χ2v) is 6.35. The average molecular weight is 337 g/mol. The lowest BCUT2D eigenvalue weighted by Crippen LogP contribution is -2.31. The van der Waals surface area contributed by atoms with Gasteiger partial charge in [0.05, 0.1) is 0 Å². The van der Waals surface area contributed by atoms with Crippen LogP contribution in [0.2, 0.25) is 0 Å². The third kappa shape index (κ3) is 5.20. The zero-order chi connectivity index (χ0) is 16.2. The van der Waals surface area contributed by atoms with Gasteiger partial charge in [-0.25, -0.2) is 0 Å². The minimum Gasteiger partial charge on any atom is -0.359 e. The summed E-state index contributed by atoms with van der Waals surface area (Å²) in [5.74, 6) is -0.286. The first kappa shape index (κ1) is 17.1. The van der Waals surface area contributed by atoms with Crippen molar-refractivity contribution in [2.24, 2.45) is 0 Å². The Morgan fingerprint density at radius 2 is 2.05 bits per heavy atom. The molecule has 1 aliphatic rings. The number of hydrogen-bond donors (Lipinski definition) is 1. The van der Waals surface area contributed by atoms with Crippen LogP contribution in [0, 0.1) is 0 Å². The molecule has 124 valence electrons. The van der Waals surface area contributed by atoms with Crippen LogP contribution in [0.15, 0.2) is 0 Å². The van der Waals surface area contributed by atoms with Crippen molar-refractivity contribution in [1.82, 2.24) is 10.2 Å². The minimum absolute atomic E-state index is 0.299.